The van der Waals surface area contributed by atoms with Gasteiger partial charge in [-0.1, -0.05) is 29.4 Å². The zero-order chi connectivity index (χ0) is 20.9. The maximum atomic E-state index is 12.3. The van der Waals surface area contributed by atoms with Crippen molar-refractivity contribution in [3.05, 3.63) is 71.6 Å². The Bertz CT molecular complexity index is 1160. The van der Waals surface area contributed by atoms with E-state index in [1.807, 2.05) is 43.3 Å². The Labute approximate surface area is 173 Å². The maximum absolute atomic E-state index is 12.3. The molecule has 2 aromatic carbocycles. The molecule has 0 aliphatic heterocycles. The summed E-state index contributed by atoms with van der Waals surface area (Å²) in [7, 11) is 1.64. The van der Waals surface area contributed by atoms with Gasteiger partial charge in [-0.15, -0.1) is 0 Å². The molecule has 30 heavy (non-hydrogen) atoms. The van der Waals surface area contributed by atoms with Crippen LogP contribution in [0.15, 0.2) is 53.2 Å². The number of nitrogens with zero attached hydrogens (tertiary/aromatic N) is 2. The Hall–Kier alpha value is -3.81. The fourth-order valence-corrected chi connectivity index (χ4v) is 3.16. The van der Waals surface area contributed by atoms with Crippen molar-refractivity contribution >= 4 is 16.7 Å². The number of imidazole rings is 1. The minimum absolute atomic E-state index is 0.155. The van der Waals surface area contributed by atoms with Crippen molar-refractivity contribution in [2.24, 2.45) is 0 Å². The van der Waals surface area contributed by atoms with Gasteiger partial charge in [0, 0.05) is 41.7 Å². The molecule has 0 atom stereocenters. The molecule has 154 valence electrons. The van der Waals surface area contributed by atoms with Gasteiger partial charge in [0.2, 0.25) is 0 Å². The van der Waals surface area contributed by atoms with Crippen LogP contribution >= 0.6 is 0 Å². The molecule has 0 saturated carbocycles. The number of methoxy groups -OCH3 is 1. The van der Waals surface area contributed by atoms with Gasteiger partial charge < -0.3 is 24.3 Å². The van der Waals surface area contributed by atoms with Crippen molar-refractivity contribution in [1.29, 1.82) is 0 Å². The van der Waals surface area contributed by atoms with Crippen LogP contribution in [0.1, 0.15) is 27.8 Å². The zero-order valence-electron chi connectivity index (χ0n) is 16.8. The highest BCUT2D eigenvalue weighted by Crippen LogP contribution is 2.33. The highest BCUT2D eigenvalue weighted by Gasteiger charge is 2.14. The number of aromatic nitrogens is 3. The average molecular weight is 406 g/mol. The Morgan fingerprint density at radius 1 is 1.17 bits per heavy atom. The molecule has 0 bridgehead atoms. The van der Waals surface area contributed by atoms with Gasteiger partial charge in [-0.25, -0.2) is 4.98 Å². The van der Waals surface area contributed by atoms with E-state index in [2.05, 4.69) is 20.4 Å². The molecule has 2 aromatic heterocycles. The lowest BCUT2D eigenvalue weighted by Gasteiger charge is -2.10. The number of carbonyl (C=O) groups is 1. The number of amides is 1. The number of fused-ring (bicyclic) bond motifs is 1. The van der Waals surface area contributed by atoms with E-state index in [1.54, 1.807) is 19.4 Å². The van der Waals surface area contributed by atoms with Crippen molar-refractivity contribution in [1.82, 2.24) is 20.4 Å². The summed E-state index contributed by atoms with van der Waals surface area (Å²) in [6.07, 6.45) is 2.37. The van der Waals surface area contributed by atoms with Crippen molar-refractivity contribution in [2.45, 2.75) is 20.0 Å². The third kappa shape index (κ3) is 4.27. The molecule has 0 saturated heterocycles. The predicted octanol–water partition coefficient (Wildman–Crippen LogP) is 3.42. The van der Waals surface area contributed by atoms with Gasteiger partial charge in [0.15, 0.2) is 11.5 Å². The number of benzene rings is 2. The van der Waals surface area contributed by atoms with Gasteiger partial charge in [0.1, 0.15) is 23.9 Å². The highest BCUT2D eigenvalue weighted by molar-refractivity contribution is 5.93. The summed E-state index contributed by atoms with van der Waals surface area (Å²) in [5, 5.41) is 8.53. The first-order valence-corrected chi connectivity index (χ1v) is 9.57. The number of nitrogens with one attached hydrogen (secondary N) is 2. The third-order valence-electron chi connectivity index (χ3n) is 4.63. The van der Waals surface area contributed by atoms with E-state index in [0.717, 1.165) is 28.0 Å². The minimum atomic E-state index is -0.303. The number of hydrogen-bond donors (Lipinski definition) is 2. The second-order valence-electron chi connectivity index (χ2n) is 6.80. The fourth-order valence-electron chi connectivity index (χ4n) is 3.16. The van der Waals surface area contributed by atoms with Crippen molar-refractivity contribution < 1.29 is 18.8 Å². The Morgan fingerprint density at radius 3 is 2.67 bits per heavy atom. The van der Waals surface area contributed by atoms with Crippen LogP contribution in [0.5, 0.6) is 11.5 Å². The first kappa shape index (κ1) is 19.5. The van der Waals surface area contributed by atoms with Crippen molar-refractivity contribution in [3.8, 4) is 11.5 Å². The number of aromatic amines is 1. The Kier molecular flexibility index (Phi) is 5.65. The van der Waals surface area contributed by atoms with Gasteiger partial charge in [0.05, 0.1) is 7.11 Å². The first-order chi connectivity index (χ1) is 14.6. The van der Waals surface area contributed by atoms with Crippen LogP contribution in [0.2, 0.25) is 0 Å². The molecular weight excluding hydrogens is 384 g/mol. The number of H-pyrrole nitrogens is 1. The lowest BCUT2D eigenvalue weighted by atomic mass is 10.1. The molecule has 8 nitrogen and oxygen atoms in total. The van der Waals surface area contributed by atoms with Crippen molar-refractivity contribution in [3.63, 3.8) is 0 Å². The summed E-state index contributed by atoms with van der Waals surface area (Å²) in [4.78, 5) is 19.6. The smallest absolute Gasteiger partial charge is 0.273 e. The lowest BCUT2D eigenvalue weighted by molar-refractivity contribution is 0.0944. The van der Waals surface area contributed by atoms with Crippen LogP contribution in [0, 0.1) is 6.92 Å². The molecule has 2 heterocycles. The van der Waals surface area contributed by atoms with Crippen LogP contribution in [-0.2, 0) is 13.0 Å². The number of ether oxygens (including phenoxy) is 2. The molecule has 8 heteroatoms. The standard InChI is InChI=1S/C22H22N4O4/c1-14-12-24-21(25-14)9-10-23-22(27)18-11-15(30-26-18)13-29-20-8-7-19(28-2)16-5-3-4-6-17(16)20/h3-8,11-12H,9-10,13H2,1-2H3,(H,23,27)(H,24,25). The predicted molar refractivity (Wildman–Crippen MR) is 111 cm³/mol. The van der Waals surface area contributed by atoms with Crippen molar-refractivity contribution in [2.75, 3.05) is 13.7 Å². The summed E-state index contributed by atoms with van der Waals surface area (Å²) in [5.74, 6) is 2.46. The maximum Gasteiger partial charge on any atom is 0.273 e. The Balaban J connectivity index is 1.36. The topological polar surface area (TPSA) is 102 Å². The number of aryl methyl sites for hydroxylation is 1. The van der Waals surface area contributed by atoms with E-state index >= 15 is 0 Å². The second-order valence-corrected chi connectivity index (χ2v) is 6.80. The highest BCUT2D eigenvalue weighted by atomic mass is 16.5. The molecule has 0 fully saturated rings. The van der Waals surface area contributed by atoms with Gasteiger partial charge in [-0.3, -0.25) is 4.79 Å². The van der Waals surface area contributed by atoms with E-state index in [1.165, 1.54) is 0 Å². The number of rotatable bonds is 8. The largest absolute Gasteiger partial charge is 0.496 e. The summed E-state index contributed by atoms with van der Waals surface area (Å²) in [5.41, 5.74) is 1.20. The van der Waals surface area contributed by atoms with Crippen LogP contribution in [-0.4, -0.2) is 34.7 Å². The third-order valence-corrected chi connectivity index (χ3v) is 4.63. The van der Waals surface area contributed by atoms with Crippen LogP contribution in [0.25, 0.3) is 10.8 Å². The molecule has 0 spiro atoms. The molecule has 0 aliphatic carbocycles. The van der Waals surface area contributed by atoms with Gasteiger partial charge in [-0.2, -0.15) is 0 Å². The Morgan fingerprint density at radius 2 is 1.93 bits per heavy atom. The van der Waals surface area contributed by atoms with E-state index in [-0.39, 0.29) is 18.2 Å². The number of hydrogen-bond acceptors (Lipinski definition) is 6. The van der Waals surface area contributed by atoms with E-state index in [9.17, 15) is 4.79 Å². The number of carbonyl (C=O) groups excluding carboxylic acids is 1. The summed E-state index contributed by atoms with van der Waals surface area (Å²) in [6, 6.07) is 13.1. The van der Waals surface area contributed by atoms with Crippen LogP contribution in [0.4, 0.5) is 0 Å². The van der Waals surface area contributed by atoms with Gasteiger partial charge in [0.25, 0.3) is 5.91 Å². The quantitative estimate of drug-likeness (QED) is 0.465. The van der Waals surface area contributed by atoms with E-state index in [4.69, 9.17) is 14.0 Å². The molecule has 2 N–H and O–H groups in total. The van der Waals surface area contributed by atoms with E-state index < -0.39 is 0 Å². The molecule has 4 aromatic rings. The average Bonchev–Trinajstić information content (AvgIpc) is 3.41. The van der Waals surface area contributed by atoms with Gasteiger partial charge >= 0.3 is 0 Å². The molecular formula is C22H22N4O4. The van der Waals surface area contributed by atoms with Gasteiger partial charge in [-0.05, 0) is 19.1 Å². The fraction of sp³-hybridized carbons (Fsp3) is 0.227. The van der Waals surface area contributed by atoms with E-state index in [0.29, 0.717) is 24.5 Å². The monoisotopic (exact) mass is 406 g/mol. The lowest BCUT2D eigenvalue weighted by Crippen LogP contribution is -2.26. The zero-order valence-corrected chi connectivity index (χ0v) is 16.8. The summed E-state index contributed by atoms with van der Waals surface area (Å²) < 4.78 is 16.6. The SMILES string of the molecule is COc1ccc(OCc2cc(C(=O)NCCc3ncc(C)[nH]3)no2)c2ccccc12. The minimum Gasteiger partial charge on any atom is -0.496 e. The second kappa shape index (κ2) is 8.69. The summed E-state index contributed by atoms with van der Waals surface area (Å²) >= 11 is 0. The molecule has 4 rings (SSSR count). The summed E-state index contributed by atoms with van der Waals surface area (Å²) in [6.45, 7) is 2.54. The molecule has 0 radical (unpaired) electrons. The molecule has 0 unspecified atom stereocenters. The van der Waals surface area contributed by atoms with Crippen LogP contribution < -0.4 is 14.8 Å². The van der Waals surface area contributed by atoms with Crippen LogP contribution in [0.3, 0.4) is 0 Å². The first-order valence-electron chi connectivity index (χ1n) is 9.57. The molecule has 1 amide bonds. The normalized spacial score (nSPS) is 10.9. The molecule has 0 aliphatic rings.